The maximum atomic E-state index is 13.5. The van der Waals surface area contributed by atoms with Crippen molar-refractivity contribution in [2.75, 3.05) is 19.6 Å². The second kappa shape index (κ2) is 18.0. The van der Waals surface area contributed by atoms with Crippen LogP contribution in [-0.4, -0.2) is 45.0 Å². The molecule has 1 amide bonds. The van der Waals surface area contributed by atoms with Gasteiger partial charge in [0, 0.05) is 19.5 Å². The first-order valence-electron chi connectivity index (χ1n) is 16.9. The van der Waals surface area contributed by atoms with Crippen LogP contribution in [0.4, 0.5) is 13.2 Å². The number of hydrogen-bond acceptors (Lipinski definition) is 4. The number of amides is 1. The number of carbonyl (C=O) groups excluding carboxylic acids is 1. The Morgan fingerprint density at radius 3 is 2.31 bits per heavy atom. The summed E-state index contributed by atoms with van der Waals surface area (Å²) >= 11 is 0. The van der Waals surface area contributed by atoms with Gasteiger partial charge >= 0.3 is 6.18 Å². The van der Waals surface area contributed by atoms with Gasteiger partial charge in [-0.1, -0.05) is 95.0 Å². The van der Waals surface area contributed by atoms with Crippen LogP contribution in [0.1, 0.15) is 94.6 Å². The van der Waals surface area contributed by atoms with Gasteiger partial charge in [-0.2, -0.15) is 13.2 Å². The van der Waals surface area contributed by atoms with Gasteiger partial charge in [0.25, 0.3) is 0 Å². The van der Waals surface area contributed by atoms with Crippen molar-refractivity contribution in [2.24, 2.45) is 11.8 Å². The molecule has 0 unspecified atom stereocenters. The maximum absolute atomic E-state index is 13.5. The van der Waals surface area contributed by atoms with Crippen molar-refractivity contribution in [1.82, 2.24) is 14.9 Å². The van der Waals surface area contributed by atoms with E-state index in [1.807, 2.05) is 0 Å². The molecule has 2 atom stereocenters. The van der Waals surface area contributed by atoms with Gasteiger partial charge in [-0.3, -0.25) is 4.79 Å². The molecular weight excluding hydrogens is 635 g/mol. The summed E-state index contributed by atoms with van der Waals surface area (Å²) in [5.41, 5.74) is 2.91. The van der Waals surface area contributed by atoms with E-state index in [1.165, 1.54) is 18.1 Å². The molecule has 0 radical (unpaired) electrons. The zero-order valence-electron chi connectivity index (χ0n) is 28.9. The molecular formula is C38H52F3N3O3S. The fourth-order valence-corrected chi connectivity index (χ4v) is 7.62. The van der Waals surface area contributed by atoms with Crippen LogP contribution >= 0.6 is 0 Å². The Morgan fingerprint density at radius 1 is 1.06 bits per heavy atom. The summed E-state index contributed by atoms with van der Waals surface area (Å²) in [6, 6.07) is 13.8. The van der Waals surface area contributed by atoms with E-state index >= 15 is 0 Å². The molecule has 0 saturated heterocycles. The minimum Gasteiger partial charge on any atom is -0.349 e. The highest BCUT2D eigenvalue weighted by molar-refractivity contribution is 7.93. The smallest absolute Gasteiger partial charge is 0.349 e. The molecule has 0 saturated carbocycles. The van der Waals surface area contributed by atoms with E-state index in [1.54, 1.807) is 30.3 Å². The molecule has 264 valence electrons. The van der Waals surface area contributed by atoms with Gasteiger partial charge in [-0.15, -0.1) is 0 Å². The standard InChI is InChI=1S/C38H52F3N3O3S/c1-7-32(38(39,40)41)23-33(8-2)48(46,47)43-36(30-15-10-9-11-16-30)24-37(45)42-35-18-12-17-31-22-29(19-20-34(31)35)14-13-21-44(25-27(3)4)26-28(5)6/h7-11,15-16,19-20,22-23,27-28,35-36,43H,1,12-14,17-18,21,24-26H2,2-6H3,(H,42,45)/b32-23+,33-8+/t35-,36-/m1/s1. The fraction of sp³-hybridized carbons (Fsp3) is 0.500. The second-order valence-electron chi connectivity index (χ2n) is 13.5. The third kappa shape index (κ3) is 12.0. The minimum atomic E-state index is -4.77. The van der Waals surface area contributed by atoms with Crippen LogP contribution in [0.2, 0.25) is 0 Å². The summed E-state index contributed by atoms with van der Waals surface area (Å²) in [6.07, 6.45) is 1.84. The predicted octanol–water partition coefficient (Wildman–Crippen LogP) is 8.36. The van der Waals surface area contributed by atoms with Crippen molar-refractivity contribution in [2.45, 2.75) is 91.4 Å². The zero-order chi connectivity index (χ0) is 35.5. The van der Waals surface area contributed by atoms with E-state index < -0.39 is 32.7 Å². The number of halogens is 3. The SMILES string of the molecule is C=C/C(=C\C(=C/C)S(=O)(=O)N[C@H](CC(=O)N[C@@H]1CCCc2cc(CCCN(CC(C)C)CC(C)C)ccc21)c1ccccc1)C(F)(F)F. The van der Waals surface area contributed by atoms with Crippen LogP contribution in [0.25, 0.3) is 0 Å². The number of alkyl halides is 3. The van der Waals surface area contributed by atoms with E-state index in [-0.39, 0.29) is 18.4 Å². The molecule has 6 nitrogen and oxygen atoms in total. The number of sulfonamides is 1. The molecule has 0 fully saturated rings. The number of nitrogens with zero attached hydrogens (tertiary/aromatic N) is 1. The highest BCUT2D eigenvalue weighted by atomic mass is 32.2. The second-order valence-corrected chi connectivity index (χ2v) is 15.2. The van der Waals surface area contributed by atoms with Crippen LogP contribution in [0.15, 0.2) is 83.8 Å². The van der Waals surface area contributed by atoms with Crippen molar-refractivity contribution in [3.63, 3.8) is 0 Å². The van der Waals surface area contributed by atoms with Crippen LogP contribution in [0.5, 0.6) is 0 Å². The number of carbonyl (C=O) groups is 1. The number of rotatable bonds is 17. The number of nitrogens with one attached hydrogen (secondary N) is 2. The molecule has 2 aromatic rings. The Bertz CT molecular complexity index is 1520. The third-order valence-electron chi connectivity index (χ3n) is 8.37. The van der Waals surface area contributed by atoms with Crippen LogP contribution in [-0.2, 0) is 27.7 Å². The van der Waals surface area contributed by atoms with Crippen molar-refractivity contribution in [3.8, 4) is 0 Å². The van der Waals surface area contributed by atoms with Crippen molar-refractivity contribution >= 4 is 15.9 Å². The summed E-state index contributed by atoms with van der Waals surface area (Å²) in [4.78, 5) is 15.5. The lowest BCUT2D eigenvalue weighted by Gasteiger charge is -2.28. The number of hydrogen-bond donors (Lipinski definition) is 2. The topological polar surface area (TPSA) is 78.5 Å². The quantitative estimate of drug-likeness (QED) is 0.164. The van der Waals surface area contributed by atoms with Crippen LogP contribution in [0.3, 0.4) is 0 Å². The van der Waals surface area contributed by atoms with Gasteiger partial charge in [0.2, 0.25) is 15.9 Å². The Kier molecular flexibility index (Phi) is 14.7. The number of aryl methyl sites for hydroxylation is 2. The Balaban J connectivity index is 1.73. The van der Waals surface area contributed by atoms with Crippen LogP contribution < -0.4 is 10.0 Å². The summed E-state index contributed by atoms with van der Waals surface area (Å²) in [5.74, 6) is 0.891. The minimum absolute atomic E-state index is 0.216. The summed E-state index contributed by atoms with van der Waals surface area (Å²) in [5, 5.41) is 3.11. The molecule has 0 spiro atoms. The first-order valence-corrected chi connectivity index (χ1v) is 18.4. The predicted molar refractivity (Wildman–Crippen MR) is 189 cm³/mol. The van der Waals surface area contributed by atoms with E-state index in [9.17, 15) is 26.4 Å². The molecule has 0 bridgehead atoms. The average Bonchev–Trinajstić information content (AvgIpc) is 3.00. The zero-order valence-corrected chi connectivity index (χ0v) is 29.8. The Labute approximate surface area is 285 Å². The average molecular weight is 688 g/mol. The van der Waals surface area contributed by atoms with Crippen molar-refractivity contribution in [3.05, 3.63) is 106 Å². The van der Waals surface area contributed by atoms with E-state index in [2.05, 4.69) is 67.4 Å². The lowest BCUT2D eigenvalue weighted by molar-refractivity contribution is -0.122. The summed E-state index contributed by atoms with van der Waals surface area (Å²) in [7, 11) is -4.44. The lowest BCUT2D eigenvalue weighted by atomic mass is 9.86. The van der Waals surface area contributed by atoms with Crippen molar-refractivity contribution in [1.29, 1.82) is 0 Å². The van der Waals surface area contributed by atoms with Gasteiger partial charge in [0.05, 0.1) is 22.6 Å². The molecule has 2 N–H and O–H groups in total. The molecule has 0 aromatic heterocycles. The molecule has 48 heavy (non-hydrogen) atoms. The lowest BCUT2D eigenvalue weighted by Crippen LogP contribution is -2.36. The van der Waals surface area contributed by atoms with Gasteiger partial charge in [0.15, 0.2) is 0 Å². The van der Waals surface area contributed by atoms with Gasteiger partial charge in [-0.25, -0.2) is 13.1 Å². The Hall–Kier alpha value is -3.21. The molecule has 3 rings (SSSR count). The van der Waals surface area contributed by atoms with Crippen LogP contribution in [0, 0.1) is 11.8 Å². The fourth-order valence-electron chi connectivity index (χ4n) is 6.30. The summed E-state index contributed by atoms with van der Waals surface area (Å²) in [6.45, 7) is 16.8. The first kappa shape index (κ1) is 39.2. The van der Waals surface area contributed by atoms with E-state index in [0.717, 1.165) is 63.4 Å². The molecule has 1 aliphatic rings. The first-order chi connectivity index (χ1) is 22.6. The van der Waals surface area contributed by atoms with E-state index in [0.29, 0.717) is 29.6 Å². The molecule has 1 aliphatic carbocycles. The highest BCUT2D eigenvalue weighted by Gasteiger charge is 2.33. The maximum Gasteiger partial charge on any atom is 0.416 e. The van der Waals surface area contributed by atoms with Gasteiger partial charge in [-0.05, 0) is 85.7 Å². The number of allylic oxidation sites excluding steroid dienone is 4. The van der Waals surface area contributed by atoms with Gasteiger partial charge in [0.1, 0.15) is 0 Å². The number of benzene rings is 2. The van der Waals surface area contributed by atoms with Gasteiger partial charge < -0.3 is 10.2 Å². The number of fused-ring (bicyclic) bond motifs is 1. The largest absolute Gasteiger partial charge is 0.416 e. The highest BCUT2D eigenvalue weighted by Crippen LogP contribution is 2.32. The summed E-state index contributed by atoms with van der Waals surface area (Å²) < 4.78 is 69.3. The molecule has 10 heteroatoms. The molecule has 2 aromatic carbocycles. The van der Waals surface area contributed by atoms with E-state index in [4.69, 9.17) is 0 Å². The molecule has 0 heterocycles. The monoisotopic (exact) mass is 687 g/mol. The van der Waals surface area contributed by atoms with Crippen molar-refractivity contribution < 1.29 is 26.4 Å². The Morgan fingerprint density at radius 2 is 1.73 bits per heavy atom. The third-order valence-corrected chi connectivity index (χ3v) is 9.94. The molecule has 0 aliphatic heterocycles. The normalized spacial score (nSPS) is 16.7.